The van der Waals surface area contributed by atoms with Crippen molar-refractivity contribution in [1.29, 1.82) is 0 Å². The van der Waals surface area contributed by atoms with Crippen LogP contribution < -0.4 is 10.0 Å². The fraction of sp³-hybridized carbons (Fsp3) is 0.400. The van der Waals surface area contributed by atoms with E-state index < -0.39 is 10.0 Å². The van der Waals surface area contributed by atoms with Crippen molar-refractivity contribution in [1.82, 2.24) is 25.0 Å². The quantitative estimate of drug-likeness (QED) is 0.790. The van der Waals surface area contributed by atoms with Gasteiger partial charge in [-0.2, -0.15) is 14.8 Å². The summed E-state index contributed by atoms with van der Waals surface area (Å²) in [7, 11) is -1.90. The van der Waals surface area contributed by atoms with Crippen molar-refractivity contribution in [2.24, 2.45) is 0 Å². The third-order valence-electron chi connectivity index (χ3n) is 4.61. The average Bonchev–Trinajstić information content (AvgIpc) is 3.08. The molecule has 1 saturated heterocycles. The van der Waals surface area contributed by atoms with Gasteiger partial charge in [-0.1, -0.05) is 0 Å². The van der Waals surface area contributed by atoms with Crippen LogP contribution in [0.25, 0.3) is 5.69 Å². The summed E-state index contributed by atoms with van der Waals surface area (Å²) >= 11 is 0. The first-order chi connectivity index (χ1) is 12.0. The van der Waals surface area contributed by atoms with Crippen molar-refractivity contribution in [3.05, 3.63) is 30.1 Å². The third-order valence-corrected chi connectivity index (χ3v) is 5.97. The highest BCUT2D eigenvalue weighted by Crippen LogP contribution is 2.30. The number of fused-ring (bicyclic) bond motifs is 3. The third kappa shape index (κ3) is 2.67. The van der Waals surface area contributed by atoms with Crippen LogP contribution >= 0.6 is 0 Å². The van der Waals surface area contributed by atoms with Crippen LogP contribution in [0.5, 0.6) is 0 Å². The molecule has 1 unspecified atom stereocenters. The number of benzene rings is 1. The molecule has 1 fully saturated rings. The predicted molar refractivity (Wildman–Crippen MR) is 90.2 cm³/mol. The number of carbonyl (C=O) groups excluding carboxylic acids is 1. The first-order valence-corrected chi connectivity index (χ1v) is 9.52. The summed E-state index contributed by atoms with van der Waals surface area (Å²) in [5.41, 5.74) is 0.735. The fourth-order valence-electron chi connectivity index (χ4n) is 3.28. The summed E-state index contributed by atoms with van der Waals surface area (Å²) in [6.45, 7) is 1.29. The van der Waals surface area contributed by atoms with E-state index in [4.69, 9.17) is 0 Å². The molecule has 1 atom stereocenters. The van der Waals surface area contributed by atoms with Gasteiger partial charge < -0.3 is 10.2 Å². The monoisotopic (exact) mass is 362 g/mol. The van der Waals surface area contributed by atoms with Gasteiger partial charge in [0.25, 0.3) is 15.9 Å². The van der Waals surface area contributed by atoms with E-state index in [1.807, 2.05) is 7.05 Å². The Bertz CT molecular complexity index is 938. The Morgan fingerprint density at radius 1 is 1.40 bits per heavy atom. The van der Waals surface area contributed by atoms with E-state index in [1.54, 1.807) is 17.0 Å². The van der Waals surface area contributed by atoms with Gasteiger partial charge in [-0.25, -0.2) is 13.1 Å². The van der Waals surface area contributed by atoms with Crippen LogP contribution in [-0.4, -0.2) is 60.2 Å². The Hall–Kier alpha value is -2.46. The normalized spacial score (nSPS) is 21.2. The second kappa shape index (κ2) is 5.81. The van der Waals surface area contributed by atoms with Crippen LogP contribution in [0.2, 0.25) is 0 Å². The molecule has 1 aromatic carbocycles. The summed E-state index contributed by atoms with van der Waals surface area (Å²) < 4.78 is 28.7. The molecule has 0 aliphatic carbocycles. The molecule has 2 N–H and O–H groups in total. The Kier molecular flexibility index (Phi) is 3.73. The molecule has 10 heteroatoms. The highest BCUT2D eigenvalue weighted by molar-refractivity contribution is 7.93. The lowest BCUT2D eigenvalue weighted by Gasteiger charge is -2.32. The minimum Gasteiger partial charge on any atom is -0.337 e. The lowest BCUT2D eigenvalue weighted by molar-refractivity contribution is 0.0698. The Morgan fingerprint density at radius 2 is 2.24 bits per heavy atom. The van der Waals surface area contributed by atoms with Gasteiger partial charge in [0.1, 0.15) is 11.2 Å². The molecule has 0 bridgehead atoms. The first kappa shape index (κ1) is 16.0. The molecule has 1 aromatic heterocycles. The number of rotatable bonds is 2. The number of nitrogens with one attached hydrogen (secondary N) is 2. The molecule has 132 valence electrons. The second-order valence-corrected chi connectivity index (χ2v) is 7.81. The van der Waals surface area contributed by atoms with Gasteiger partial charge in [-0.15, -0.1) is 0 Å². The SMILES string of the molecule is CNC1CCCN(C(=O)c2ccc3c(c2)S(=O)(=O)Nc2ncnn2-3)C1. The molecule has 4 rings (SSSR count). The molecule has 9 nitrogen and oxygen atoms in total. The number of sulfonamides is 1. The molecule has 0 spiro atoms. The lowest BCUT2D eigenvalue weighted by Crippen LogP contribution is -2.47. The van der Waals surface area contributed by atoms with Crippen molar-refractivity contribution in [3.63, 3.8) is 0 Å². The standard InChI is InChI=1S/C15H18N6O3S/c1-16-11-3-2-6-20(8-11)14(22)10-4-5-12-13(7-10)25(23,24)19-15-17-9-18-21(12)15/h4-5,7,9,11,16H,2-3,6,8H2,1H3,(H,17,18,19). The van der Waals surface area contributed by atoms with Crippen LogP contribution in [0, 0.1) is 0 Å². The maximum atomic E-state index is 12.8. The van der Waals surface area contributed by atoms with Crippen molar-refractivity contribution in [3.8, 4) is 5.69 Å². The van der Waals surface area contributed by atoms with Crippen LogP contribution in [0.4, 0.5) is 5.95 Å². The molecule has 1 amide bonds. The van der Waals surface area contributed by atoms with Crippen LogP contribution in [-0.2, 0) is 10.0 Å². The van der Waals surface area contributed by atoms with Crippen LogP contribution in [0.3, 0.4) is 0 Å². The molecular formula is C15H18N6O3S. The summed E-state index contributed by atoms with van der Waals surface area (Å²) in [6, 6.07) is 4.90. The molecule has 0 radical (unpaired) electrons. The molecular weight excluding hydrogens is 344 g/mol. The highest BCUT2D eigenvalue weighted by atomic mass is 32.2. The number of hydrogen-bond donors (Lipinski definition) is 2. The number of likely N-dealkylation sites (tertiary alicyclic amines) is 1. The average molecular weight is 362 g/mol. The first-order valence-electron chi connectivity index (χ1n) is 8.03. The van der Waals surface area contributed by atoms with E-state index >= 15 is 0 Å². The largest absolute Gasteiger partial charge is 0.337 e. The zero-order chi connectivity index (χ0) is 17.6. The number of carbonyl (C=O) groups is 1. The molecule has 2 aromatic rings. The van der Waals surface area contributed by atoms with Crippen molar-refractivity contribution < 1.29 is 13.2 Å². The van der Waals surface area contributed by atoms with Gasteiger partial charge in [0, 0.05) is 24.7 Å². The van der Waals surface area contributed by atoms with Gasteiger partial charge in [0.15, 0.2) is 0 Å². The van der Waals surface area contributed by atoms with E-state index in [0.29, 0.717) is 24.3 Å². The van der Waals surface area contributed by atoms with E-state index in [9.17, 15) is 13.2 Å². The molecule has 2 aliphatic rings. The fourth-order valence-corrected chi connectivity index (χ4v) is 4.48. The molecule has 25 heavy (non-hydrogen) atoms. The number of likely N-dealkylation sites (N-methyl/N-ethyl adjacent to an activating group) is 1. The minimum atomic E-state index is -3.78. The topological polar surface area (TPSA) is 109 Å². The van der Waals surface area contributed by atoms with Crippen LogP contribution in [0.1, 0.15) is 23.2 Å². The number of hydrogen-bond acceptors (Lipinski definition) is 6. The highest BCUT2D eigenvalue weighted by Gasteiger charge is 2.31. The summed E-state index contributed by atoms with van der Waals surface area (Å²) in [5, 5.41) is 7.22. The molecule has 2 aliphatic heterocycles. The van der Waals surface area contributed by atoms with Crippen molar-refractivity contribution >= 4 is 21.9 Å². The molecule has 0 saturated carbocycles. The van der Waals surface area contributed by atoms with E-state index in [1.165, 1.54) is 17.1 Å². The summed E-state index contributed by atoms with van der Waals surface area (Å²) in [4.78, 5) is 18.5. The van der Waals surface area contributed by atoms with E-state index in [0.717, 1.165) is 12.8 Å². The Balaban J connectivity index is 1.71. The minimum absolute atomic E-state index is 0.0264. The second-order valence-electron chi connectivity index (χ2n) is 6.16. The maximum Gasteiger partial charge on any atom is 0.266 e. The van der Waals surface area contributed by atoms with E-state index in [-0.39, 0.29) is 22.8 Å². The lowest BCUT2D eigenvalue weighted by atomic mass is 10.0. The van der Waals surface area contributed by atoms with Crippen LogP contribution in [0.15, 0.2) is 29.4 Å². The number of aromatic nitrogens is 3. The summed E-state index contributed by atoms with van der Waals surface area (Å²) in [6.07, 6.45) is 3.22. The van der Waals surface area contributed by atoms with Gasteiger partial charge in [0.05, 0.1) is 5.69 Å². The van der Waals surface area contributed by atoms with Crippen molar-refractivity contribution in [2.45, 2.75) is 23.8 Å². The number of nitrogens with zero attached hydrogens (tertiary/aromatic N) is 4. The number of piperidine rings is 1. The smallest absolute Gasteiger partial charge is 0.266 e. The van der Waals surface area contributed by atoms with Gasteiger partial charge in [-0.05, 0) is 38.1 Å². The zero-order valence-corrected chi connectivity index (χ0v) is 14.5. The van der Waals surface area contributed by atoms with Gasteiger partial charge in [-0.3, -0.25) is 4.79 Å². The zero-order valence-electron chi connectivity index (χ0n) is 13.6. The van der Waals surface area contributed by atoms with Gasteiger partial charge in [0.2, 0.25) is 5.95 Å². The Labute approximate surface area is 145 Å². The molecule has 3 heterocycles. The van der Waals surface area contributed by atoms with Gasteiger partial charge >= 0.3 is 0 Å². The van der Waals surface area contributed by atoms with E-state index in [2.05, 4.69) is 20.1 Å². The summed E-state index contributed by atoms with van der Waals surface area (Å²) in [5.74, 6) is -0.0261. The maximum absolute atomic E-state index is 12.8. The number of anilines is 1. The number of amides is 1. The van der Waals surface area contributed by atoms with Crippen molar-refractivity contribution in [2.75, 3.05) is 24.9 Å². The predicted octanol–water partition coefficient (Wildman–Crippen LogP) is 0.205. The Morgan fingerprint density at radius 3 is 3.04 bits per heavy atom.